The molecule has 7 rings (SSSR count). The minimum atomic E-state index is -1.48. The number of para-hydroxylation sites is 1. The van der Waals surface area contributed by atoms with Gasteiger partial charge in [0.2, 0.25) is 11.8 Å². The fraction of sp³-hybridized carbons (Fsp3) is 0.474. The summed E-state index contributed by atoms with van der Waals surface area (Å²) in [6.07, 6.45) is 6.72. The van der Waals surface area contributed by atoms with Crippen LogP contribution >= 0.6 is 0 Å². The van der Waals surface area contributed by atoms with Gasteiger partial charge in [0, 0.05) is 13.0 Å². The Bertz CT molecular complexity index is 1860. The molecule has 2 N–H and O–H groups in total. The summed E-state index contributed by atoms with van der Waals surface area (Å²) in [7, 11) is 0. The third-order valence-corrected chi connectivity index (χ3v) is 10.9. The maximum absolute atomic E-state index is 15.1. The highest BCUT2D eigenvalue weighted by Gasteiger charge is 2.74. The average Bonchev–Trinajstić information content (AvgIpc) is 3.89. The van der Waals surface area contributed by atoms with Crippen molar-refractivity contribution in [2.24, 2.45) is 17.8 Å². The van der Waals surface area contributed by atoms with Crippen LogP contribution in [0.2, 0.25) is 0 Å². The van der Waals surface area contributed by atoms with E-state index in [1.807, 2.05) is 80.6 Å². The molecule has 0 radical (unpaired) electrons. The Morgan fingerprint density at radius 1 is 1.04 bits per heavy atom. The van der Waals surface area contributed by atoms with E-state index in [0.717, 1.165) is 5.52 Å². The van der Waals surface area contributed by atoms with Crippen molar-refractivity contribution >= 4 is 34.7 Å². The second kappa shape index (κ2) is 14.0. The number of aromatic nitrogens is 3. The lowest BCUT2D eigenvalue weighted by molar-refractivity contribution is -0.162. The minimum Gasteiger partial charge on any atom is -0.455 e. The molecule has 3 aromatic rings. The fourth-order valence-corrected chi connectivity index (χ4v) is 8.14. The smallest absolute Gasteiger partial charge is 0.313 e. The highest BCUT2D eigenvalue weighted by atomic mass is 16.6. The van der Waals surface area contributed by atoms with Gasteiger partial charge in [0.05, 0.1) is 36.2 Å². The maximum Gasteiger partial charge on any atom is 0.313 e. The number of fused-ring (bicyclic) bond motifs is 3. The summed E-state index contributed by atoms with van der Waals surface area (Å²) in [6, 6.07) is 14.1. The molecule has 9 atom stereocenters. The van der Waals surface area contributed by atoms with E-state index in [9.17, 15) is 19.5 Å². The number of likely N-dealkylation sites (tertiary alicyclic amines) is 1. The summed E-state index contributed by atoms with van der Waals surface area (Å²) >= 11 is 0. The summed E-state index contributed by atoms with van der Waals surface area (Å²) < 4.78 is 14.5. The molecule has 2 fully saturated rings. The lowest BCUT2D eigenvalue weighted by Crippen LogP contribution is -2.59. The number of allylic oxidation sites excluding steroid dienone is 1. The number of hydrogen-bond donors (Lipinski definition) is 2. The van der Waals surface area contributed by atoms with Crippen molar-refractivity contribution in [3.05, 3.63) is 84.5 Å². The molecule has 5 heterocycles. The summed E-state index contributed by atoms with van der Waals surface area (Å²) in [4.78, 5) is 60.5. The van der Waals surface area contributed by atoms with Crippen molar-refractivity contribution in [1.82, 2.24) is 30.1 Å². The predicted molar refractivity (Wildman–Crippen MR) is 185 cm³/mol. The van der Waals surface area contributed by atoms with E-state index in [0.29, 0.717) is 23.9 Å². The predicted octanol–water partition coefficient (Wildman–Crippen LogP) is 2.91. The number of nitrogens with one attached hydrogen (secondary N) is 1. The van der Waals surface area contributed by atoms with Crippen LogP contribution in [0.1, 0.15) is 51.7 Å². The molecule has 2 saturated heterocycles. The quantitative estimate of drug-likeness (QED) is 0.280. The SMILES string of the molecule is CC[C@H](C)[C@H](CO)N1C(=O)[C@@H]2[C@H]3C(=O)O[C@@H](c4ccccc4)[C@H](C)NC(=O)CC/C=C\CN(Cn4nnc5ccccc54)C(=O)[C@@H]1[C@]21C=C[C@H]3O1. The topological polar surface area (TPSA) is 156 Å². The Morgan fingerprint density at radius 3 is 2.57 bits per heavy atom. The number of aliphatic hydroxyl groups is 1. The molecule has 4 aliphatic heterocycles. The summed E-state index contributed by atoms with van der Waals surface area (Å²) in [5.74, 6) is -4.05. The van der Waals surface area contributed by atoms with Gasteiger partial charge in [-0.3, -0.25) is 19.2 Å². The van der Waals surface area contributed by atoms with E-state index in [1.165, 1.54) is 4.90 Å². The van der Waals surface area contributed by atoms with Gasteiger partial charge in [0.15, 0.2) is 0 Å². The third kappa shape index (κ3) is 6.01. The van der Waals surface area contributed by atoms with Crippen LogP contribution in [0.4, 0.5) is 0 Å². The van der Waals surface area contributed by atoms with Crippen LogP contribution in [-0.2, 0) is 35.3 Å². The number of ether oxygens (including phenoxy) is 2. The zero-order valence-electron chi connectivity index (χ0n) is 29.0. The van der Waals surface area contributed by atoms with Crippen molar-refractivity contribution in [1.29, 1.82) is 0 Å². The highest BCUT2D eigenvalue weighted by Crippen LogP contribution is 2.56. The monoisotopic (exact) mass is 696 g/mol. The number of carbonyl (C=O) groups is 4. The first kappa shape index (κ1) is 34.6. The van der Waals surface area contributed by atoms with E-state index in [1.54, 1.807) is 28.7 Å². The molecule has 2 aromatic carbocycles. The molecule has 51 heavy (non-hydrogen) atoms. The van der Waals surface area contributed by atoms with E-state index in [2.05, 4.69) is 15.6 Å². The van der Waals surface area contributed by atoms with Gasteiger partial charge in [0.25, 0.3) is 5.91 Å². The van der Waals surface area contributed by atoms with E-state index >= 15 is 4.79 Å². The second-order valence-electron chi connectivity index (χ2n) is 14.0. The molecule has 0 aliphatic carbocycles. The van der Waals surface area contributed by atoms with E-state index in [-0.39, 0.29) is 38.1 Å². The van der Waals surface area contributed by atoms with Crippen LogP contribution in [0, 0.1) is 17.8 Å². The number of rotatable bonds is 7. The lowest BCUT2D eigenvalue weighted by atomic mass is 9.74. The number of amides is 3. The molecule has 13 heteroatoms. The van der Waals surface area contributed by atoms with E-state index in [4.69, 9.17) is 9.47 Å². The Hall–Kier alpha value is -4.88. The van der Waals surface area contributed by atoms with Gasteiger partial charge in [0.1, 0.15) is 35.9 Å². The first-order chi connectivity index (χ1) is 24.7. The molecule has 3 amide bonds. The Morgan fingerprint density at radius 2 is 1.80 bits per heavy atom. The van der Waals surface area contributed by atoms with Crippen LogP contribution in [0.3, 0.4) is 0 Å². The zero-order valence-corrected chi connectivity index (χ0v) is 29.0. The van der Waals surface area contributed by atoms with Crippen molar-refractivity contribution in [3.8, 4) is 0 Å². The van der Waals surface area contributed by atoms with Crippen molar-refractivity contribution < 1.29 is 33.8 Å². The first-order valence-electron chi connectivity index (χ1n) is 17.8. The van der Waals surface area contributed by atoms with Crippen molar-refractivity contribution in [2.45, 2.75) is 82.6 Å². The van der Waals surface area contributed by atoms with Crippen molar-refractivity contribution in [2.75, 3.05) is 13.2 Å². The molecule has 0 saturated carbocycles. The first-order valence-corrected chi connectivity index (χ1v) is 17.8. The minimum absolute atomic E-state index is 0.00541. The summed E-state index contributed by atoms with van der Waals surface area (Å²) in [5, 5.41) is 22.4. The molecule has 1 spiro atoms. The number of hydrogen-bond acceptors (Lipinski definition) is 9. The Labute approximate surface area is 296 Å². The molecule has 0 unspecified atom stereocenters. The van der Waals surface area contributed by atoms with Crippen LogP contribution in [0.25, 0.3) is 11.0 Å². The molecule has 1 aromatic heterocycles. The van der Waals surface area contributed by atoms with Crippen molar-refractivity contribution in [3.63, 3.8) is 0 Å². The summed E-state index contributed by atoms with van der Waals surface area (Å²) in [6.45, 7) is 5.44. The van der Waals surface area contributed by atoms with Gasteiger partial charge in [-0.05, 0) is 37.0 Å². The van der Waals surface area contributed by atoms with Crippen LogP contribution in [-0.4, -0.2) is 96.6 Å². The number of cyclic esters (lactones) is 1. The molecule has 268 valence electrons. The van der Waals surface area contributed by atoms with E-state index < -0.39 is 65.6 Å². The largest absolute Gasteiger partial charge is 0.455 e. The lowest BCUT2D eigenvalue weighted by Gasteiger charge is -2.40. The number of benzene rings is 2. The van der Waals surface area contributed by atoms with Crippen LogP contribution < -0.4 is 5.32 Å². The number of nitrogens with zero attached hydrogens (tertiary/aromatic N) is 5. The maximum atomic E-state index is 15.1. The number of aliphatic hydroxyl groups excluding tert-OH is 1. The Balaban J connectivity index is 1.33. The standard InChI is InChI=1S/C38H44N6O7/c1-4-23(2)28(21-45)44-34-36(48)42(22-43-27-16-11-10-15-26(27)40-41-43)20-12-6-9-17-30(46)39-24(3)33(25-13-7-5-8-14-25)50-37(49)31-29-18-19-38(34,51-29)32(31)35(44)47/h5-8,10-16,18-19,23-24,28-29,31-34,45H,4,9,17,20-22H2,1-3H3,(H,39,46)/b12-6-/t23-,24-,28-,29+,31-,32-,33+,34+,38-/m0/s1. The second-order valence-corrected chi connectivity index (χ2v) is 14.0. The number of carbonyl (C=O) groups excluding carboxylic acids is 4. The van der Waals surface area contributed by atoms with Gasteiger partial charge < -0.3 is 29.7 Å². The third-order valence-electron chi connectivity index (χ3n) is 10.9. The molecular weight excluding hydrogens is 652 g/mol. The fourth-order valence-electron chi connectivity index (χ4n) is 8.14. The number of esters is 1. The summed E-state index contributed by atoms with van der Waals surface area (Å²) in [5.41, 5.74) is 0.591. The molecular formula is C38H44N6O7. The van der Waals surface area contributed by atoms with Crippen LogP contribution in [0.15, 0.2) is 78.9 Å². The molecule has 4 aliphatic rings. The Kier molecular flexibility index (Phi) is 9.51. The van der Waals surface area contributed by atoms with Gasteiger partial charge >= 0.3 is 5.97 Å². The van der Waals surface area contributed by atoms with Gasteiger partial charge in [-0.2, -0.15) is 0 Å². The highest BCUT2D eigenvalue weighted by molar-refractivity contribution is 5.99. The van der Waals surface area contributed by atoms with Gasteiger partial charge in [-0.25, -0.2) is 4.68 Å². The normalized spacial score (nSPS) is 31.5. The molecule has 5 bridgehead atoms. The van der Waals surface area contributed by atoms with Gasteiger partial charge in [-0.15, -0.1) is 5.10 Å². The van der Waals surface area contributed by atoms with Gasteiger partial charge in [-0.1, -0.05) is 92.3 Å². The average molecular weight is 697 g/mol. The zero-order chi connectivity index (χ0) is 35.9. The van der Waals surface area contributed by atoms with Crippen LogP contribution in [0.5, 0.6) is 0 Å². The molecule has 13 nitrogen and oxygen atoms in total.